The van der Waals surface area contributed by atoms with Gasteiger partial charge in [-0.15, -0.1) is 5.06 Å². The van der Waals surface area contributed by atoms with E-state index >= 15 is 0 Å². The molecule has 0 saturated carbocycles. The van der Waals surface area contributed by atoms with Gasteiger partial charge >= 0.3 is 5.97 Å². The second-order valence-corrected chi connectivity index (χ2v) is 7.32. The molecule has 1 aromatic carbocycles. The van der Waals surface area contributed by atoms with E-state index in [0.29, 0.717) is 5.92 Å². The molecule has 1 aliphatic heterocycles. The number of hydrogen-bond acceptors (Lipinski definition) is 3. The normalized spacial score (nSPS) is 20.7. The van der Waals surface area contributed by atoms with Gasteiger partial charge in [0.1, 0.15) is 0 Å². The quantitative estimate of drug-likeness (QED) is 0.811. The van der Waals surface area contributed by atoms with Gasteiger partial charge in [0.25, 0.3) is 0 Å². The lowest BCUT2D eigenvalue weighted by atomic mass is 9.91. The maximum absolute atomic E-state index is 12.0. The van der Waals surface area contributed by atoms with E-state index in [1.54, 1.807) is 0 Å². The van der Waals surface area contributed by atoms with E-state index in [2.05, 4.69) is 40.2 Å². The molecule has 20 heavy (non-hydrogen) atoms. The number of rotatable bonds is 2. The number of halogens is 1. The van der Waals surface area contributed by atoms with Crippen LogP contribution < -0.4 is 0 Å². The number of hydroxylamine groups is 2. The highest BCUT2D eigenvalue weighted by atomic mass is 79.9. The molecule has 0 spiro atoms. The molecule has 0 radical (unpaired) electrons. The minimum atomic E-state index is -0.454. The molecule has 0 aliphatic carbocycles. The topological polar surface area (TPSA) is 29.5 Å². The van der Waals surface area contributed by atoms with Crippen LogP contribution in [0, 0.1) is 5.41 Å². The van der Waals surface area contributed by atoms with Crippen molar-refractivity contribution >= 4 is 21.9 Å². The van der Waals surface area contributed by atoms with Crippen LogP contribution in [0.5, 0.6) is 0 Å². The molecule has 1 aliphatic rings. The summed E-state index contributed by atoms with van der Waals surface area (Å²) in [5, 5.41) is 1.82. The van der Waals surface area contributed by atoms with Crippen molar-refractivity contribution < 1.29 is 9.63 Å². The zero-order valence-electron chi connectivity index (χ0n) is 12.4. The van der Waals surface area contributed by atoms with Crippen LogP contribution in [0.1, 0.15) is 45.1 Å². The van der Waals surface area contributed by atoms with Gasteiger partial charge in [-0.2, -0.15) is 0 Å². The number of hydrogen-bond donors (Lipinski definition) is 0. The van der Waals surface area contributed by atoms with Crippen molar-refractivity contribution in [1.82, 2.24) is 5.06 Å². The Labute approximate surface area is 129 Å². The van der Waals surface area contributed by atoms with E-state index in [-0.39, 0.29) is 5.97 Å². The van der Waals surface area contributed by atoms with Gasteiger partial charge in [-0.25, -0.2) is 4.79 Å². The number of benzene rings is 1. The van der Waals surface area contributed by atoms with E-state index in [0.717, 1.165) is 30.4 Å². The molecule has 1 aromatic rings. The van der Waals surface area contributed by atoms with Gasteiger partial charge in [0.05, 0.1) is 5.41 Å². The minimum Gasteiger partial charge on any atom is -0.367 e. The van der Waals surface area contributed by atoms with Crippen molar-refractivity contribution in [2.75, 3.05) is 13.1 Å². The van der Waals surface area contributed by atoms with Crippen molar-refractivity contribution in [3.63, 3.8) is 0 Å². The third kappa shape index (κ3) is 4.06. The molecule has 0 amide bonds. The molecule has 1 heterocycles. The Kier molecular flexibility index (Phi) is 4.86. The highest BCUT2D eigenvalue weighted by Gasteiger charge is 2.29. The van der Waals surface area contributed by atoms with E-state index in [9.17, 15) is 4.79 Å². The van der Waals surface area contributed by atoms with E-state index in [1.165, 1.54) is 5.56 Å². The number of carbonyl (C=O) groups is 1. The van der Waals surface area contributed by atoms with Crippen molar-refractivity contribution in [2.45, 2.75) is 39.5 Å². The van der Waals surface area contributed by atoms with E-state index in [1.807, 2.05) is 25.8 Å². The Hall–Kier alpha value is -0.870. The molecular formula is C16H22BrNO2. The second kappa shape index (κ2) is 6.27. The van der Waals surface area contributed by atoms with Crippen molar-refractivity contribution in [1.29, 1.82) is 0 Å². The summed E-state index contributed by atoms with van der Waals surface area (Å²) in [5.74, 6) is 0.276. The molecule has 1 fully saturated rings. The highest BCUT2D eigenvalue weighted by molar-refractivity contribution is 9.10. The molecule has 0 bridgehead atoms. The van der Waals surface area contributed by atoms with Crippen LogP contribution in [0.3, 0.4) is 0 Å². The molecule has 0 aromatic heterocycles. The Morgan fingerprint density at radius 3 is 2.55 bits per heavy atom. The third-order valence-electron chi connectivity index (χ3n) is 3.55. The maximum Gasteiger partial charge on any atom is 0.330 e. The Balaban J connectivity index is 1.98. The molecule has 0 N–H and O–H groups in total. The first-order valence-electron chi connectivity index (χ1n) is 7.09. The fraction of sp³-hybridized carbons (Fsp3) is 0.562. The molecular weight excluding hydrogens is 318 g/mol. The monoisotopic (exact) mass is 339 g/mol. The highest BCUT2D eigenvalue weighted by Crippen LogP contribution is 2.28. The lowest BCUT2D eigenvalue weighted by Crippen LogP contribution is -2.39. The molecule has 110 valence electrons. The van der Waals surface area contributed by atoms with Crippen LogP contribution in [0.2, 0.25) is 0 Å². The second-order valence-electron chi connectivity index (χ2n) is 6.41. The van der Waals surface area contributed by atoms with Crippen LogP contribution in [0.15, 0.2) is 28.7 Å². The predicted molar refractivity (Wildman–Crippen MR) is 83.2 cm³/mol. The number of carbonyl (C=O) groups excluding carboxylic acids is 1. The van der Waals surface area contributed by atoms with Crippen LogP contribution in [-0.2, 0) is 9.63 Å². The Morgan fingerprint density at radius 1 is 1.30 bits per heavy atom. The van der Waals surface area contributed by atoms with E-state index in [4.69, 9.17) is 4.84 Å². The summed E-state index contributed by atoms with van der Waals surface area (Å²) in [7, 11) is 0. The van der Waals surface area contributed by atoms with Crippen LogP contribution in [0.4, 0.5) is 0 Å². The number of piperidine rings is 1. The van der Waals surface area contributed by atoms with Gasteiger partial charge in [-0.1, -0.05) is 28.1 Å². The van der Waals surface area contributed by atoms with Gasteiger partial charge in [-0.05, 0) is 57.2 Å². The van der Waals surface area contributed by atoms with Gasteiger partial charge in [-0.3, -0.25) is 0 Å². The molecule has 1 unspecified atom stereocenters. The summed E-state index contributed by atoms with van der Waals surface area (Å²) in [4.78, 5) is 17.5. The number of nitrogens with zero attached hydrogens (tertiary/aromatic N) is 1. The predicted octanol–water partition coefficient (Wildman–Crippen LogP) is 4.13. The first kappa shape index (κ1) is 15.5. The van der Waals surface area contributed by atoms with Gasteiger partial charge in [0.2, 0.25) is 0 Å². The first-order chi connectivity index (χ1) is 9.36. The van der Waals surface area contributed by atoms with Crippen molar-refractivity contribution in [2.24, 2.45) is 5.41 Å². The Bertz CT molecular complexity index is 464. The largest absolute Gasteiger partial charge is 0.367 e. The minimum absolute atomic E-state index is 0.158. The Morgan fingerprint density at radius 2 is 1.95 bits per heavy atom. The molecule has 1 saturated heterocycles. The molecule has 4 heteroatoms. The standard InChI is InChI=1S/C16H22BrNO2/c1-16(2,3)15(19)20-18-10-4-5-13(11-18)12-6-8-14(17)9-7-12/h6-9,13H,4-5,10-11H2,1-3H3. The summed E-state index contributed by atoms with van der Waals surface area (Å²) < 4.78 is 1.09. The van der Waals surface area contributed by atoms with E-state index < -0.39 is 5.41 Å². The summed E-state index contributed by atoms with van der Waals surface area (Å²) >= 11 is 3.46. The molecule has 2 rings (SSSR count). The third-order valence-corrected chi connectivity index (χ3v) is 4.08. The summed E-state index contributed by atoms with van der Waals surface area (Å²) in [6, 6.07) is 8.42. The zero-order chi connectivity index (χ0) is 14.8. The molecule has 1 atom stereocenters. The average Bonchev–Trinajstić information content (AvgIpc) is 2.39. The fourth-order valence-corrected chi connectivity index (χ4v) is 2.55. The van der Waals surface area contributed by atoms with Crippen LogP contribution in [-0.4, -0.2) is 24.1 Å². The van der Waals surface area contributed by atoms with Gasteiger partial charge < -0.3 is 4.84 Å². The SMILES string of the molecule is CC(C)(C)C(=O)ON1CCCC(c2ccc(Br)cc2)C1. The zero-order valence-corrected chi connectivity index (χ0v) is 13.9. The first-order valence-corrected chi connectivity index (χ1v) is 7.88. The molecule has 3 nitrogen and oxygen atoms in total. The van der Waals surface area contributed by atoms with Gasteiger partial charge in [0.15, 0.2) is 0 Å². The summed E-state index contributed by atoms with van der Waals surface area (Å²) in [5.41, 5.74) is 0.856. The maximum atomic E-state index is 12.0. The summed E-state index contributed by atoms with van der Waals surface area (Å²) in [6.45, 7) is 7.25. The van der Waals surface area contributed by atoms with Crippen molar-refractivity contribution in [3.8, 4) is 0 Å². The summed E-state index contributed by atoms with van der Waals surface area (Å²) in [6.07, 6.45) is 2.20. The lowest BCUT2D eigenvalue weighted by molar-refractivity contribution is -0.205. The van der Waals surface area contributed by atoms with Crippen molar-refractivity contribution in [3.05, 3.63) is 34.3 Å². The van der Waals surface area contributed by atoms with Crippen LogP contribution >= 0.6 is 15.9 Å². The fourth-order valence-electron chi connectivity index (χ4n) is 2.29. The average molecular weight is 340 g/mol. The van der Waals surface area contributed by atoms with Gasteiger partial charge in [0, 0.05) is 17.6 Å². The smallest absolute Gasteiger partial charge is 0.330 e. The lowest BCUT2D eigenvalue weighted by Gasteiger charge is -2.33. The van der Waals surface area contributed by atoms with Crippen LogP contribution in [0.25, 0.3) is 0 Å².